The minimum atomic E-state index is -0.885. The van der Waals surface area contributed by atoms with E-state index in [9.17, 15) is 14.0 Å². The monoisotopic (exact) mass is 365 g/mol. The van der Waals surface area contributed by atoms with E-state index in [0.717, 1.165) is 11.6 Å². The van der Waals surface area contributed by atoms with E-state index in [0.29, 0.717) is 10.2 Å². The van der Waals surface area contributed by atoms with Gasteiger partial charge in [0, 0.05) is 10.2 Å². The Morgan fingerprint density at radius 1 is 1.23 bits per heavy atom. The van der Waals surface area contributed by atoms with Crippen LogP contribution in [0.5, 0.6) is 0 Å². The minimum absolute atomic E-state index is 0.216. The smallest absolute Gasteiger partial charge is 0.341 e. The molecule has 0 spiro atoms. The number of hydrogen-bond donors (Lipinski definition) is 1. The van der Waals surface area contributed by atoms with E-state index in [1.54, 1.807) is 18.2 Å². The molecule has 0 heterocycles. The van der Waals surface area contributed by atoms with Gasteiger partial charge in [0.15, 0.2) is 6.61 Å². The molecule has 0 aliphatic carbocycles. The second-order valence-corrected chi connectivity index (χ2v) is 5.53. The predicted octanol–water partition coefficient (Wildman–Crippen LogP) is 3.69. The molecule has 114 valence electrons. The molecule has 0 aromatic heterocycles. The van der Waals surface area contributed by atoms with Crippen molar-refractivity contribution in [1.29, 1.82) is 0 Å². The number of aryl methyl sites for hydroxylation is 1. The summed E-state index contributed by atoms with van der Waals surface area (Å²) in [5.74, 6) is -2.08. The number of carbonyl (C=O) groups excluding carboxylic acids is 2. The van der Waals surface area contributed by atoms with Gasteiger partial charge in [0.2, 0.25) is 0 Å². The molecule has 0 saturated heterocycles. The van der Waals surface area contributed by atoms with Gasteiger partial charge in [-0.3, -0.25) is 4.79 Å². The summed E-state index contributed by atoms with van der Waals surface area (Å²) in [7, 11) is 0. The van der Waals surface area contributed by atoms with Crippen LogP contribution in [0.4, 0.5) is 10.1 Å². The first-order valence-corrected chi connectivity index (χ1v) is 7.23. The third-order valence-electron chi connectivity index (χ3n) is 2.79. The van der Waals surface area contributed by atoms with Gasteiger partial charge in [0.25, 0.3) is 5.91 Å². The molecule has 0 fully saturated rings. The van der Waals surface area contributed by atoms with E-state index >= 15 is 0 Å². The molecule has 1 amide bonds. The lowest BCUT2D eigenvalue weighted by molar-refractivity contribution is -0.119. The fourth-order valence-electron chi connectivity index (χ4n) is 1.78. The molecule has 6 heteroatoms. The Balaban J connectivity index is 1.92. The number of anilines is 1. The molecule has 0 atom stereocenters. The van der Waals surface area contributed by atoms with Gasteiger partial charge in [-0.1, -0.05) is 28.1 Å². The Morgan fingerprint density at radius 2 is 2.00 bits per heavy atom. The Kier molecular flexibility index (Phi) is 5.27. The molecule has 0 aliphatic heterocycles. The fourth-order valence-corrected chi connectivity index (χ4v) is 2.12. The van der Waals surface area contributed by atoms with Crippen LogP contribution < -0.4 is 5.32 Å². The maximum absolute atomic E-state index is 13.6. The van der Waals surface area contributed by atoms with Gasteiger partial charge < -0.3 is 10.1 Å². The molecule has 0 aliphatic rings. The third-order valence-corrected chi connectivity index (χ3v) is 3.28. The lowest BCUT2D eigenvalue weighted by Crippen LogP contribution is -2.21. The zero-order chi connectivity index (χ0) is 16.1. The predicted molar refractivity (Wildman–Crippen MR) is 84.2 cm³/mol. The van der Waals surface area contributed by atoms with Crippen LogP contribution in [0.15, 0.2) is 46.9 Å². The summed E-state index contributed by atoms with van der Waals surface area (Å²) in [6.07, 6.45) is 0. The van der Waals surface area contributed by atoms with E-state index in [4.69, 9.17) is 4.74 Å². The molecule has 2 aromatic rings. The first-order chi connectivity index (χ1) is 10.5. The van der Waals surface area contributed by atoms with Crippen molar-refractivity contribution in [3.8, 4) is 0 Å². The van der Waals surface area contributed by atoms with Crippen LogP contribution in [0, 0.1) is 12.7 Å². The van der Waals surface area contributed by atoms with Crippen molar-refractivity contribution >= 4 is 33.5 Å². The van der Waals surface area contributed by atoms with Crippen LogP contribution in [0.2, 0.25) is 0 Å². The van der Waals surface area contributed by atoms with Crippen molar-refractivity contribution in [1.82, 2.24) is 0 Å². The molecular weight excluding hydrogens is 353 g/mol. The van der Waals surface area contributed by atoms with Gasteiger partial charge in [-0.15, -0.1) is 0 Å². The minimum Gasteiger partial charge on any atom is -0.452 e. The molecule has 0 unspecified atom stereocenters. The first-order valence-electron chi connectivity index (χ1n) is 6.44. The van der Waals surface area contributed by atoms with Crippen LogP contribution in [0.25, 0.3) is 0 Å². The van der Waals surface area contributed by atoms with Crippen LogP contribution in [0.1, 0.15) is 15.9 Å². The van der Waals surface area contributed by atoms with E-state index in [1.165, 1.54) is 12.1 Å². The number of rotatable bonds is 4. The van der Waals surface area contributed by atoms with Crippen molar-refractivity contribution < 1.29 is 18.7 Å². The molecule has 2 aromatic carbocycles. The van der Waals surface area contributed by atoms with E-state index in [1.807, 2.05) is 13.0 Å². The van der Waals surface area contributed by atoms with E-state index < -0.39 is 24.3 Å². The molecule has 1 N–H and O–H groups in total. The molecule has 0 radical (unpaired) electrons. The van der Waals surface area contributed by atoms with E-state index in [2.05, 4.69) is 21.2 Å². The van der Waals surface area contributed by atoms with Gasteiger partial charge in [-0.2, -0.15) is 0 Å². The number of amides is 1. The topological polar surface area (TPSA) is 55.4 Å². The molecule has 4 nitrogen and oxygen atoms in total. The zero-order valence-corrected chi connectivity index (χ0v) is 13.3. The third kappa shape index (κ3) is 4.39. The number of benzene rings is 2. The van der Waals surface area contributed by atoms with Crippen LogP contribution in [-0.4, -0.2) is 18.5 Å². The van der Waals surface area contributed by atoms with Crippen molar-refractivity contribution in [3.05, 3.63) is 63.9 Å². The fraction of sp³-hybridized carbons (Fsp3) is 0.125. The Morgan fingerprint density at radius 3 is 2.68 bits per heavy atom. The first kappa shape index (κ1) is 16.2. The Labute approximate surface area is 135 Å². The highest BCUT2D eigenvalue weighted by atomic mass is 79.9. The van der Waals surface area contributed by atoms with Gasteiger partial charge in [-0.05, 0) is 42.8 Å². The average molecular weight is 366 g/mol. The normalized spacial score (nSPS) is 10.1. The molecular formula is C16H13BrFNO3. The number of halogens is 2. The SMILES string of the molecule is Cc1cccc(NC(=O)COC(=O)c2ccc(Br)cc2F)c1. The van der Waals surface area contributed by atoms with Gasteiger partial charge in [0.05, 0.1) is 5.56 Å². The van der Waals surface area contributed by atoms with Crippen molar-refractivity contribution in [3.63, 3.8) is 0 Å². The van der Waals surface area contributed by atoms with Crippen molar-refractivity contribution in [2.24, 2.45) is 0 Å². The Bertz CT molecular complexity index is 718. The standard InChI is InChI=1S/C16H13BrFNO3/c1-10-3-2-4-12(7-10)19-15(20)9-22-16(21)13-6-5-11(17)8-14(13)18/h2-8H,9H2,1H3,(H,19,20). The van der Waals surface area contributed by atoms with Crippen LogP contribution >= 0.6 is 15.9 Å². The molecule has 2 rings (SSSR count). The summed E-state index contributed by atoms with van der Waals surface area (Å²) in [4.78, 5) is 23.4. The summed E-state index contributed by atoms with van der Waals surface area (Å²) in [6.45, 7) is 1.41. The highest BCUT2D eigenvalue weighted by Gasteiger charge is 2.15. The van der Waals surface area contributed by atoms with E-state index in [-0.39, 0.29) is 5.56 Å². The summed E-state index contributed by atoms with van der Waals surface area (Å²) in [5.41, 5.74) is 1.38. The second-order valence-electron chi connectivity index (χ2n) is 4.62. The number of esters is 1. The second kappa shape index (κ2) is 7.17. The number of nitrogens with one attached hydrogen (secondary N) is 1. The lowest BCUT2D eigenvalue weighted by atomic mass is 10.2. The van der Waals surface area contributed by atoms with Gasteiger partial charge >= 0.3 is 5.97 Å². The maximum Gasteiger partial charge on any atom is 0.341 e. The maximum atomic E-state index is 13.6. The largest absolute Gasteiger partial charge is 0.452 e. The van der Waals surface area contributed by atoms with Crippen molar-refractivity contribution in [2.45, 2.75) is 6.92 Å². The molecule has 0 bridgehead atoms. The van der Waals surface area contributed by atoms with Gasteiger partial charge in [0.1, 0.15) is 5.82 Å². The number of hydrogen-bond acceptors (Lipinski definition) is 3. The summed E-state index contributed by atoms with van der Waals surface area (Å²) < 4.78 is 18.9. The highest BCUT2D eigenvalue weighted by Crippen LogP contribution is 2.16. The molecule has 0 saturated carbocycles. The number of ether oxygens (including phenoxy) is 1. The average Bonchev–Trinajstić information content (AvgIpc) is 2.45. The quantitative estimate of drug-likeness (QED) is 0.840. The van der Waals surface area contributed by atoms with Crippen LogP contribution in [0.3, 0.4) is 0 Å². The van der Waals surface area contributed by atoms with Gasteiger partial charge in [-0.25, -0.2) is 9.18 Å². The van der Waals surface area contributed by atoms with Crippen LogP contribution in [-0.2, 0) is 9.53 Å². The zero-order valence-electron chi connectivity index (χ0n) is 11.7. The lowest BCUT2D eigenvalue weighted by Gasteiger charge is -2.08. The number of carbonyl (C=O) groups is 2. The highest BCUT2D eigenvalue weighted by molar-refractivity contribution is 9.10. The summed E-state index contributed by atoms with van der Waals surface area (Å²) in [6, 6.07) is 11.2. The summed E-state index contributed by atoms with van der Waals surface area (Å²) >= 11 is 3.09. The Hall–Kier alpha value is -2.21. The molecule has 22 heavy (non-hydrogen) atoms. The van der Waals surface area contributed by atoms with Crippen molar-refractivity contribution in [2.75, 3.05) is 11.9 Å². The summed E-state index contributed by atoms with van der Waals surface area (Å²) in [5, 5.41) is 2.60.